The molecule has 0 amide bonds. The third-order valence-corrected chi connectivity index (χ3v) is 2.92. The van der Waals surface area contributed by atoms with E-state index in [9.17, 15) is 4.39 Å². The van der Waals surface area contributed by atoms with Gasteiger partial charge in [0.2, 0.25) is 0 Å². The molecule has 2 N–H and O–H groups in total. The monoisotopic (exact) mass is 189 g/mol. The van der Waals surface area contributed by atoms with Gasteiger partial charge in [0.25, 0.3) is 0 Å². The molecule has 0 aromatic rings. The Morgan fingerprint density at radius 2 is 2.00 bits per heavy atom. The Morgan fingerprint density at radius 1 is 1.31 bits per heavy atom. The molecule has 3 unspecified atom stereocenters. The Morgan fingerprint density at radius 3 is 2.69 bits per heavy atom. The Kier molecular flexibility index (Phi) is 4.67. The zero-order chi connectivity index (χ0) is 9.68. The standard InChI is InChI=1S/C10H20FNO/c1-8-2-3-9(12-6-7-13)4-5-10(8)11/h8-10,12-13H,2-7H2,1H3. The van der Waals surface area contributed by atoms with Crippen molar-refractivity contribution < 1.29 is 9.50 Å². The van der Waals surface area contributed by atoms with Crippen molar-refractivity contribution in [2.24, 2.45) is 5.92 Å². The predicted molar refractivity (Wildman–Crippen MR) is 51.4 cm³/mol. The van der Waals surface area contributed by atoms with E-state index in [1.54, 1.807) is 0 Å². The molecule has 0 heterocycles. The number of halogens is 1. The maximum atomic E-state index is 13.3. The van der Waals surface area contributed by atoms with Gasteiger partial charge in [-0.05, 0) is 31.6 Å². The SMILES string of the molecule is CC1CCC(NCCO)CCC1F. The minimum Gasteiger partial charge on any atom is -0.395 e. The Bertz CT molecular complexity index is 131. The quantitative estimate of drug-likeness (QED) is 0.659. The topological polar surface area (TPSA) is 32.3 Å². The Labute approximate surface area is 79.5 Å². The van der Waals surface area contributed by atoms with Gasteiger partial charge in [-0.15, -0.1) is 0 Å². The molecule has 0 aromatic heterocycles. The molecule has 3 atom stereocenters. The van der Waals surface area contributed by atoms with Crippen LogP contribution in [0.1, 0.15) is 32.6 Å². The number of aliphatic hydroxyl groups is 1. The van der Waals surface area contributed by atoms with Crippen LogP contribution >= 0.6 is 0 Å². The van der Waals surface area contributed by atoms with E-state index < -0.39 is 6.17 Å². The molecule has 1 rings (SSSR count). The number of aliphatic hydroxyl groups excluding tert-OH is 1. The molecule has 0 saturated heterocycles. The fraction of sp³-hybridized carbons (Fsp3) is 1.00. The van der Waals surface area contributed by atoms with Crippen molar-refractivity contribution in [3.8, 4) is 0 Å². The second-order valence-corrected chi connectivity index (χ2v) is 4.02. The molecule has 0 radical (unpaired) electrons. The van der Waals surface area contributed by atoms with Gasteiger partial charge in [0, 0.05) is 12.6 Å². The zero-order valence-electron chi connectivity index (χ0n) is 8.30. The van der Waals surface area contributed by atoms with Crippen LogP contribution in [0.3, 0.4) is 0 Å². The highest BCUT2D eigenvalue weighted by molar-refractivity contribution is 4.78. The van der Waals surface area contributed by atoms with Crippen molar-refractivity contribution in [3.05, 3.63) is 0 Å². The first kappa shape index (κ1) is 10.9. The van der Waals surface area contributed by atoms with Gasteiger partial charge in [0.15, 0.2) is 0 Å². The van der Waals surface area contributed by atoms with Crippen LogP contribution in [0.4, 0.5) is 4.39 Å². The van der Waals surface area contributed by atoms with E-state index in [1.165, 1.54) is 0 Å². The lowest BCUT2D eigenvalue weighted by molar-refractivity contribution is 0.229. The average Bonchev–Trinajstić information content (AvgIpc) is 2.29. The Hall–Kier alpha value is -0.150. The van der Waals surface area contributed by atoms with Crippen LogP contribution in [0.5, 0.6) is 0 Å². The summed E-state index contributed by atoms with van der Waals surface area (Å²) in [7, 11) is 0. The van der Waals surface area contributed by atoms with Gasteiger partial charge in [-0.25, -0.2) is 4.39 Å². The number of alkyl halides is 1. The van der Waals surface area contributed by atoms with Crippen molar-refractivity contribution in [2.75, 3.05) is 13.2 Å². The van der Waals surface area contributed by atoms with Crippen LogP contribution in [0.15, 0.2) is 0 Å². The molecule has 2 nitrogen and oxygen atoms in total. The third-order valence-electron chi connectivity index (χ3n) is 2.92. The molecule has 0 aliphatic heterocycles. The van der Waals surface area contributed by atoms with E-state index in [2.05, 4.69) is 5.32 Å². The van der Waals surface area contributed by atoms with E-state index in [1.807, 2.05) is 6.92 Å². The molecule has 1 aliphatic carbocycles. The van der Waals surface area contributed by atoms with Gasteiger partial charge < -0.3 is 10.4 Å². The lowest BCUT2D eigenvalue weighted by Gasteiger charge is -2.14. The zero-order valence-corrected chi connectivity index (χ0v) is 8.30. The van der Waals surface area contributed by atoms with E-state index in [4.69, 9.17) is 5.11 Å². The van der Waals surface area contributed by atoms with Crippen LogP contribution in [0.2, 0.25) is 0 Å². The van der Waals surface area contributed by atoms with Crippen LogP contribution in [0, 0.1) is 5.92 Å². The molecule has 1 fully saturated rings. The van der Waals surface area contributed by atoms with Gasteiger partial charge in [-0.3, -0.25) is 0 Å². The number of nitrogens with one attached hydrogen (secondary N) is 1. The summed E-state index contributed by atoms with van der Waals surface area (Å²) in [5.41, 5.74) is 0. The molecular formula is C10H20FNO. The predicted octanol–water partition coefficient (Wildman–Crippen LogP) is 1.49. The van der Waals surface area contributed by atoms with Gasteiger partial charge in [-0.2, -0.15) is 0 Å². The highest BCUT2D eigenvalue weighted by atomic mass is 19.1. The minimum atomic E-state index is -0.624. The Balaban J connectivity index is 2.27. The summed E-state index contributed by atoms with van der Waals surface area (Å²) in [5.74, 6) is 0.209. The summed E-state index contributed by atoms with van der Waals surface area (Å²) in [4.78, 5) is 0. The molecule has 0 bridgehead atoms. The highest BCUT2D eigenvalue weighted by Gasteiger charge is 2.23. The normalized spacial score (nSPS) is 35.8. The van der Waals surface area contributed by atoms with Crippen molar-refractivity contribution in [1.82, 2.24) is 5.32 Å². The van der Waals surface area contributed by atoms with Crippen LogP contribution < -0.4 is 5.32 Å². The number of hydrogen-bond acceptors (Lipinski definition) is 2. The second-order valence-electron chi connectivity index (χ2n) is 4.02. The minimum absolute atomic E-state index is 0.172. The molecular weight excluding hydrogens is 169 g/mol. The van der Waals surface area contributed by atoms with Crippen molar-refractivity contribution in [1.29, 1.82) is 0 Å². The van der Waals surface area contributed by atoms with E-state index in [0.717, 1.165) is 19.3 Å². The number of hydrogen-bond donors (Lipinski definition) is 2. The van der Waals surface area contributed by atoms with Gasteiger partial charge in [0.05, 0.1) is 6.61 Å². The third kappa shape index (κ3) is 3.61. The fourth-order valence-corrected chi connectivity index (χ4v) is 1.91. The lowest BCUT2D eigenvalue weighted by atomic mass is 10.0. The molecule has 78 valence electrons. The summed E-state index contributed by atoms with van der Waals surface area (Å²) >= 11 is 0. The molecule has 13 heavy (non-hydrogen) atoms. The van der Waals surface area contributed by atoms with Gasteiger partial charge >= 0.3 is 0 Å². The summed E-state index contributed by atoms with van der Waals surface area (Å²) in [6.07, 6.45) is 2.96. The van der Waals surface area contributed by atoms with Crippen LogP contribution in [-0.2, 0) is 0 Å². The molecule has 1 aliphatic rings. The summed E-state index contributed by atoms with van der Waals surface area (Å²) < 4.78 is 13.3. The molecule has 3 heteroatoms. The first-order valence-electron chi connectivity index (χ1n) is 5.22. The molecule has 0 aromatic carbocycles. The van der Waals surface area contributed by atoms with Crippen molar-refractivity contribution >= 4 is 0 Å². The summed E-state index contributed by atoms with van der Waals surface area (Å²) in [5, 5.41) is 11.9. The first-order chi connectivity index (χ1) is 6.24. The first-order valence-corrected chi connectivity index (χ1v) is 5.22. The summed E-state index contributed by atoms with van der Waals surface area (Å²) in [6.45, 7) is 2.79. The maximum absolute atomic E-state index is 13.3. The van der Waals surface area contributed by atoms with E-state index >= 15 is 0 Å². The van der Waals surface area contributed by atoms with Crippen molar-refractivity contribution in [3.63, 3.8) is 0 Å². The van der Waals surface area contributed by atoms with E-state index in [-0.39, 0.29) is 12.5 Å². The second kappa shape index (κ2) is 5.55. The molecule has 1 saturated carbocycles. The smallest absolute Gasteiger partial charge is 0.103 e. The van der Waals surface area contributed by atoms with Crippen LogP contribution in [0.25, 0.3) is 0 Å². The van der Waals surface area contributed by atoms with Crippen LogP contribution in [-0.4, -0.2) is 30.5 Å². The van der Waals surface area contributed by atoms with E-state index in [0.29, 0.717) is 19.0 Å². The summed E-state index contributed by atoms with van der Waals surface area (Å²) in [6, 6.07) is 0.412. The average molecular weight is 189 g/mol. The molecule has 0 spiro atoms. The van der Waals surface area contributed by atoms with Gasteiger partial charge in [-0.1, -0.05) is 6.92 Å². The number of rotatable bonds is 3. The highest BCUT2D eigenvalue weighted by Crippen LogP contribution is 2.25. The van der Waals surface area contributed by atoms with Crippen molar-refractivity contribution in [2.45, 2.75) is 44.8 Å². The van der Waals surface area contributed by atoms with Gasteiger partial charge in [0.1, 0.15) is 6.17 Å². The lowest BCUT2D eigenvalue weighted by Crippen LogP contribution is -2.30. The fourth-order valence-electron chi connectivity index (χ4n) is 1.91. The largest absolute Gasteiger partial charge is 0.395 e. The maximum Gasteiger partial charge on any atom is 0.103 e.